The number of amides is 1. The number of aliphatic hydroxyl groups is 1. The second-order valence-corrected chi connectivity index (χ2v) is 5.22. The second-order valence-electron chi connectivity index (χ2n) is 5.22. The Morgan fingerprint density at radius 1 is 1.40 bits per heavy atom. The SMILES string of the molecule is CCC(C)(C)C(=O)NC(CO)CC(C)C. The Morgan fingerprint density at radius 2 is 1.93 bits per heavy atom. The van der Waals surface area contributed by atoms with Crippen molar-refractivity contribution in [3.63, 3.8) is 0 Å². The van der Waals surface area contributed by atoms with E-state index < -0.39 is 0 Å². The van der Waals surface area contributed by atoms with Crippen molar-refractivity contribution in [3.8, 4) is 0 Å². The highest BCUT2D eigenvalue weighted by molar-refractivity contribution is 5.81. The lowest BCUT2D eigenvalue weighted by Crippen LogP contribution is -2.44. The molecule has 15 heavy (non-hydrogen) atoms. The fourth-order valence-corrected chi connectivity index (χ4v) is 1.29. The molecule has 0 aliphatic rings. The van der Waals surface area contributed by atoms with Crippen LogP contribution in [0.25, 0.3) is 0 Å². The summed E-state index contributed by atoms with van der Waals surface area (Å²) in [7, 11) is 0. The molecular formula is C12H25NO2. The van der Waals surface area contributed by atoms with E-state index in [-0.39, 0.29) is 24.0 Å². The van der Waals surface area contributed by atoms with Crippen molar-refractivity contribution in [1.29, 1.82) is 0 Å². The summed E-state index contributed by atoms with van der Waals surface area (Å²) in [6.45, 7) is 10.0. The van der Waals surface area contributed by atoms with Crippen LogP contribution in [-0.4, -0.2) is 23.7 Å². The Kier molecular flexibility index (Phi) is 5.88. The fourth-order valence-electron chi connectivity index (χ4n) is 1.29. The molecule has 0 aliphatic carbocycles. The molecule has 0 bridgehead atoms. The van der Waals surface area contributed by atoms with Crippen LogP contribution in [0.4, 0.5) is 0 Å². The van der Waals surface area contributed by atoms with Gasteiger partial charge in [0, 0.05) is 5.41 Å². The van der Waals surface area contributed by atoms with E-state index in [1.807, 2.05) is 20.8 Å². The highest BCUT2D eigenvalue weighted by Gasteiger charge is 2.27. The Bertz CT molecular complexity index is 200. The van der Waals surface area contributed by atoms with E-state index in [0.717, 1.165) is 12.8 Å². The fraction of sp³-hybridized carbons (Fsp3) is 0.917. The lowest BCUT2D eigenvalue weighted by atomic mass is 9.88. The van der Waals surface area contributed by atoms with Gasteiger partial charge in [-0.1, -0.05) is 34.6 Å². The molecule has 1 unspecified atom stereocenters. The van der Waals surface area contributed by atoms with Crippen LogP contribution in [0, 0.1) is 11.3 Å². The molecule has 3 heteroatoms. The first kappa shape index (κ1) is 14.4. The maximum absolute atomic E-state index is 11.8. The van der Waals surface area contributed by atoms with Crippen LogP contribution in [0.1, 0.15) is 47.5 Å². The van der Waals surface area contributed by atoms with Crippen LogP contribution in [-0.2, 0) is 4.79 Å². The quantitative estimate of drug-likeness (QED) is 0.711. The van der Waals surface area contributed by atoms with Gasteiger partial charge in [-0.15, -0.1) is 0 Å². The summed E-state index contributed by atoms with van der Waals surface area (Å²) in [5.41, 5.74) is -0.343. The van der Waals surface area contributed by atoms with Gasteiger partial charge in [-0.25, -0.2) is 0 Å². The van der Waals surface area contributed by atoms with Gasteiger partial charge in [0.1, 0.15) is 0 Å². The van der Waals surface area contributed by atoms with Crippen molar-refractivity contribution >= 4 is 5.91 Å². The van der Waals surface area contributed by atoms with Crippen molar-refractivity contribution in [2.24, 2.45) is 11.3 Å². The first-order valence-corrected chi connectivity index (χ1v) is 5.75. The first-order chi connectivity index (χ1) is 6.83. The minimum Gasteiger partial charge on any atom is -0.394 e. The smallest absolute Gasteiger partial charge is 0.225 e. The molecule has 0 aromatic heterocycles. The number of hydrogen-bond acceptors (Lipinski definition) is 2. The normalized spacial score (nSPS) is 14.1. The molecule has 0 fully saturated rings. The lowest BCUT2D eigenvalue weighted by Gasteiger charge is -2.26. The summed E-state index contributed by atoms with van der Waals surface area (Å²) >= 11 is 0. The number of hydrogen-bond donors (Lipinski definition) is 2. The molecule has 0 saturated heterocycles. The van der Waals surface area contributed by atoms with Gasteiger partial charge in [-0.05, 0) is 18.8 Å². The van der Waals surface area contributed by atoms with Crippen molar-refractivity contribution in [1.82, 2.24) is 5.32 Å². The topological polar surface area (TPSA) is 49.3 Å². The van der Waals surface area contributed by atoms with Gasteiger partial charge in [-0.3, -0.25) is 4.79 Å². The third-order valence-electron chi connectivity index (χ3n) is 2.81. The summed E-state index contributed by atoms with van der Waals surface area (Å²) in [4.78, 5) is 11.8. The summed E-state index contributed by atoms with van der Waals surface area (Å²) in [6, 6.07) is -0.108. The van der Waals surface area contributed by atoms with Crippen LogP contribution in [0.5, 0.6) is 0 Å². The van der Waals surface area contributed by atoms with Crippen LogP contribution < -0.4 is 5.32 Å². The van der Waals surface area contributed by atoms with Gasteiger partial charge in [-0.2, -0.15) is 0 Å². The Morgan fingerprint density at radius 3 is 2.27 bits per heavy atom. The van der Waals surface area contributed by atoms with Crippen molar-refractivity contribution < 1.29 is 9.90 Å². The zero-order chi connectivity index (χ0) is 12.1. The van der Waals surface area contributed by atoms with E-state index in [2.05, 4.69) is 19.2 Å². The number of carbonyl (C=O) groups excluding carboxylic acids is 1. The lowest BCUT2D eigenvalue weighted by molar-refractivity contribution is -0.130. The summed E-state index contributed by atoms with van der Waals surface area (Å²) in [6.07, 6.45) is 1.63. The van der Waals surface area contributed by atoms with Crippen molar-refractivity contribution in [3.05, 3.63) is 0 Å². The highest BCUT2D eigenvalue weighted by Crippen LogP contribution is 2.20. The van der Waals surface area contributed by atoms with Gasteiger partial charge in [0.05, 0.1) is 12.6 Å². The van der Waals surface area contributed by atoms with Crippen LogP contribution >= 0.6 is 0 Å². The second kappa shape index (κ2) is 6.11. The van der Waals surface area contributed by atoms with Crippen molar-refractivity contribution in [2.45, 2.75) is 53.5 Å². The van der Waals surface area contributed by atoms with Gasteiger partial charge in [0.25, 0.3) is 0 Å². The minimum atomic E-state index is -0.343. The van der Waals surface area contributed by atoms with E-state index in [9.17, 15) is 4.79 Å². The van der Waals surface area contributed by atoms with Crippen molar-refractivity contribution in [2.75, 3.05) is 6.61 Å². The monoisotopic (exact) mass is 215 g/mol. The molecular weight excluding hydrogens is 190 g/mol. The molecule has 0 spiro atoms. The molecule has 90 valence electrons. The number of rotatable bonds is 6. The summed E-state index contributed by atoms with van der Waals surface area (Å²) in [5.74, 6) is 0.511. The molecule has 0 rings (SSSR count). The van der Waals surface area contributed by atoms with E-state index in [0.29, 0.717) is 5.92 Å². The predicted octanol–water partition coefficient (Wildman–Crippen LogP) is 1.95. The van der Waals surface area contributed by atoms with Gasteiger partial charge >= 0.3 is 0 Å². The maximum atomic E-state index is 11.8. The summed E-state index contributed by atoms with van der Waals surface area (Å²) in [5, 5.41) is 12.0. The molecule has 1 amide bonds. The van der Waals surface area contributed by atoms with Gasteiger partial charge in [0.2, 0.25) is 5.91 Å². The molecule has 0 saturated carbocycles. The third kappa shape index (κ3) is 5.17. The largest absolute Gasteiger partial charge is 0.394 e. The molecule has 0 aromatic rings. The summed E-state index contributed by atoms with van der Waals surface area (Å²) < 4.78 is 0. The van der Waals surface area contributed by atoms with Crippen LogP contribution in [0.3, 0.4) is 0 Å². The van der Waals surface area contributed by atoms with E-state index in [4.69, 9.17) is 5.11 Å². The van der Waals surface area contributed by atoms with Crippen LogP contribution in [0.15, 0.2) is 0 Å². The van der Waals surface area contributed by atoms with Gasteiger partial charge < -0.3 is 10.4 Å². The number of aliphatic hydroxyl groups excluding tert-OH is 1. The third-order valence-corrected chi connectivity index (χ3v) is 2.81. The predicted molar refractivity (Wildman–Crippen MR) is 62.5 cm³/mol. The molecule has 3 nitrogen and oxygen atoms in total. The van der Waals surface area contributed by atoms with E-state index >= 15 is 0 Å². The Balaban J connectivity index is 4.24. The zero-order valence-electron chi connectivity index (χ0n) is 10.6. The maximum Gasteiger partial charge on any atom is 0.225 e. The van der Waals surface area contributed by atoms with Crippen LogP contribution in [0.2, 0.25) is 0 Å². The minimum absolute atomic E-state index is 0.0176. The average Bonchev–Trinajstić information content (AvgIpc) is 2.15. The number of carbonyl (C=O) groups is 1. The molecule has 2 N–H and O–H groups in total. The van der Waals surface area contributed by atoms with E-state index in [1.54, 1.807) is 0 Å². The average molecular weight is 215 g/mol. The first-order valence-electron chi connectivity index (χ1n) is 5.75. The Hall–Kier alpha value is -0.570. The standard InChI is InChI=1S/C12H25NO2/c1-6-12(4,5)11(15)13-10(8-14)7-9(2)3/h9-10,14H,6-8H2,1-5H3,(H,13,15). The zero-order valence-corrected chi connectivity index (χ0v) is 10.6. The highest BCUT2D eigenvalue weighted by atomic mass is 16.3. The molecule has 1 atom stereocenters. The number of nitrogens with one attached hydrogen (secondary N) is 1. The molecule has 0 heterocycles. The van der Waals surface area contributed by atoms with Gasteiger partial charge in [0.15, 0.2) is 0 Å². The molecule has 0 radical (unpaired) electrons. The van der Waals surface area contributed by atoms with E-state index in [1.165, 1.54) is 0 Å². The molecule has 0 aliphatic heterocycles. The Labute approximate surface area is 93.3 Å². The molecule has 0 aromatic carbocycles.